The van der Waals surface area contributed by atoms with Gasteiger partial charge in [-0.25, -0.2) is 9.78 Å². The van der Waals surface area contributed by atoms with Gasteiger partial charge in [-0.3, -0.25) is 9.69 Å². The van der Waals surface area contributed by atoms with E-state index in [0.717, 1.165) is 88.2 Å². The molecular formula is C36H52N8O3. The fourth-order valence-electron chi connectivity index (χ4n) is 7.20. The number of amides is 2. The predicted octanol–water partition coefficient (Wildman–Crippen LogP) is 6.15. The Morgan fingerprint density at radius 1 is 0.957 bits per heavy atom. The molecule has 0 bridgehead atoms. The molecule has 0 unspecified atom stereocenters. The number of benzene rings is 1. The second kappa shape index (κ2) is 14.1. The second-order valence-corrected chi connectivity index (χ2v) is 14.7. The zero-order valence-corrected chi connectivity index (χ0v) is 28.9. The molecule has 11 heteroatoms. The number of fused-ring (bicyclic) bond motifs is 1. The van der Waals surface area contributed by atoms with E-state index in [0.29, 0.717) is 17.6 Å². The number of carbonyl (C=O) groups excluding carboxylic acids is 2. The van der Waals surface area contributed by atoms with Crippen LogP contribution >= 0.6 is 0 Å². The van der Waals surface area contributed by atoms with E-state index in [-0.39, 0.29) is 18.0 Å². The summed E-state index contributed by atoms with van der Waals surface area (Å²) in [5.74, 6) is 1.21. The summed E-state index contributed by atoms with van der Waals surface area (Å²) >= 11 is 0. The van der Waals surface area contributed by atoms with Crippen LogP contribution in [0.3, 0.4) is 0 Å². The van der Waals surface area contributed by atoms with E-state index >= 15 is 0 Å². The highest BCUT2D eigenvalue weighted by Gasteiger charge is 2.28. The number of nitrogens with one attached hydrogen (secondary N) is 1. The number of ether oxygens (including phenoxy) is 1. The van der Waals surface area contributed by atoms with E-state index < -0.39 is 5.60 Å². The molecule has 47 heavy (non-hydrogen) atoms. The average Bonchev–Trinajstić information content (AvgIpc) is 3.71. The molecule has 1 N–H and O–H groups in total. The van der Waals surface area contributed by atoms with E-state index in [1.54, 1.807) is 19.0 Å². The van der Waals surface area contributed by atoms with Gasteiger partial charge >= 0.3 is 6.09 Å². The van der Waals surface area contributed by atoms with Crippen molar-refractivity contribution >= 4 is 40.4 Å². The minimum Gasteiger partial charge on any atom is -0.444 e. The molecule has 1 aromatic carbocycles. The summed E-state index contributed by atoms with van der Waals surface area (Å²) in [5.41, 5.74) is 3.23. The van der Waals surface area contributed by atoms with Crippen molar-refractivity contribution in [3.63, 3.8) is 0 Å². The van der Waals surface area contributed by atoms with Gasteiger partial charge in [0, 0.05) is 82.4 Å². The smallest absolute Gasteiger partial charge is 0.410 e. The van der Waals surface area contributed by atoms with Crippen LogP contribution < -0.4 is 10.2 Å². The number of piperazine rings is 1. The first-order valence-corrected chi connectivity index (χ1v) is 17.5. The van der Waals surface area contributed by atoms with Gasteiger partial charge in [0.2, 0.25) is 5.95 Å². The van der Waals surface area contributed by atoms with Crippen molar-refractivity contribution in [1.29, 1.82) is 0 Å². The molecule has 2 aromatic heterocycles. The fourth-order valence-corrected chi connectivity index (χ4v) is 7.20. The zero-order chi connectivity index (χ0) is 33.1. The summed E-state index contributed by atoms with van der Waals surface area (Å²) in [6, 6.07) is 10.8. The maximum Gasteiger partial charge on any atom is 0.410 e. The predicted molar refractivity (Wildman–Crippen MR) is 187 cm³/mol. The maximum absolute atomic E-state index is 13.0. The number of hydrogen-bond donors (Lipinski definition) is 1. The first kappa shape index (κ1) is 33.1. The van der Waals surface area contributed by atoms with Crippen molar-refractivity contribution in [3.05, 3.63) is 42.2 Å². The lowest BCUT2D eigenvalue weighted by atomic mass is 9.93. The SMILES string of the molecule is CN(C)C(=O)c1cc2cnc(Nc3ccc(N4CCN(CCC5CCN(C(=O)OC(C)(C)C)CC5)CC4)cc3)nc2n1C1CCCC1. The normalized spacial score (nSPS) is 18.6. The molecule has 0 radical (unpaired) electrons. The van der Waals surface area contributed by atoms with Gasteiger partial charge in [-0.15, -0.1) is 0 Å². The Bertz CT molecular complexity index is 1520. The summed E-state index contributed by atoms with van der Waals surface area (Å²) in [6.45, 7) is 12.6. The minimum absolute atomic E-state index is 0.00162. The van der Waals surface area contributed by atoms with Crippen molar-refractivity contribution in [2.75, 3.05) is 70.1 Å². The Balaban J connectivity index is 0.994. The first-order chi connectivity index (χ1) is 22.5. The molecule has 254 valence electrons. The Morgan fingerprint density at radius 2 is 1.64 bits per heavy atom. The maximum atomic E-state index is 13.0. The van der Waals surface area contributed by atoms with E-state index in [1.807, 2.05) is 37.9 Å². The molecule has 2 amide bonds. The Hall–Kier alpha value is -3.86. The molecule has 11 nitrogen and oxygen atoms in total. The first-order valence-electron chi connectivity index (χ1n) is 17.5. The number of anilines is 3. The van der Waals surface area contributed by atoms with E-state index in [2.05, 4.69) is 48.9 Å². The van der Waals surface area contributed by atoms with Crippen LogP contribution in [0.15, 0.2) is 36.5 Å². The standard InChI is InChI=1S/C36H52N8O3/c1-36(2,3)47-35(46)43-18-15-26(16-19-43)14-17-41-20-22-42(23-21-41)29-12-10-28(11-13-29)38-34-37-25-27-24-31(33(45)40(4)5)44(32(27)39-34)30-8-6-7-9-30/h10-13,24-26,30H,6-9,14-23H2,1-5H3,(H,37,38,39). The Labute approximate surface area is 279 Å². The van der Waals surface area contributed by atoms with Crippen molar-refractivity contribution in [1.82, 2.24) is 29.2 Å². The second-order valence-electron chi connectivity index (χ2n) is 14.7. The van der Waals surface area contributed by atoms with Crippen LogP contribution in [0.25, 0.3) is 11.0 Å². The van der Waals surface area contributed by atoms with Gasteiger partial charge in [-0.1, -0.05) is 12.8 Å². The third-order valence-electron chi connectivity index (χ3n) is 9.87. The Morgan fingerprint density at radius 3 is 2.28 bits per heavy atom. The van der Waals surface area contributed by atoms with Crippen molar-refractivity contribution in [3.8, 4) is 0 Å². The highest BCUT2D eigenvalue weighted by atomic mass is 16.6. The van der Waals surface area contributed by atoms with Crippen molar-refractivity contribution in [2.45, 2.75) is 77.4 Å². The number of piperidine rings is 1. The van der Waals surface area contributed by atoms with Gasteiger partial charge in [0.05, 0.1) is 0 Å². The zero-order valence-electron chi connectivity index (χ0n) is 28.9. The summed E-state index contributed by atoms with van der Waals surface area (Å²) in [6.07, 6.45) is 9.44. The van der Waals surface area contributed by atoms with Gasteiger partial charge in [0.25, 0.3) is 5.91 Å². The summed E-state index contributed by atoms with van der Waals surface area (Å²) in [7, 11) is 3.59. The van der Waals surface area contributed by atoms with Crippen molar-refractivity contribution in [2.24, 2.45) is 5.92 Å². The molecule has 1 saturated carbocycles. The number of likely N-dealkylation sites (tertiary alicyclic amines) is 1. The van der Waals surface area contributed by atoms with E-state index in [9.17, 15) is 9.59 Å². The summed E-state index contributed by atoms with van der Waals surface area (Å²) in [5, 5.41) is 4.29. The molecule has 0 spiro atoms. The van der Waals surface area contributed by atoms with Crippen LogP contribution in [-0.4, -0.2) is 107 Å². The largest absolute Gasteiger partial charge is 0.444 e. The summed E-state index contributed by atoms with van der Waals surface area (Å²) in [4.78, 5) is 43.4. The van der Waals surface area contributed by atoms with Crippen LogP contribution in [0.1, 0.15) is 82.2 Å². The monoisotopic (exact) mass is 644 g/mol. The van der Waals surface area contributed by atoms with Crippen molar-refractivity contribution < 1.29 is 14.3 Å². The van der Waals surface area contributed by atoms with E-state index in [4.69, 9.17) is 9.72 Å². The molecule has 3 fully saturated rings. The van der Waals surface area contributed by atoms with Crippen LogP contribution in [0.4, 0.5) is 22.1 Å². The third kappa shape index (κ3) is 8.00. The minimum atomic E-state index is -0.442. The van der Waals surface area contributed by atoms with E-state index in [1.165, 1.54) is 24.9 Å². The molecule has 3 aromatic rings. The van der Waals surface area contributed by atoms with Crippen LogP contribution in [-0.2, 0) is 4.74 Å². The fraction of sp³-hybridized carbons (Fsp3) is 0.611. The lowest BCUT2D eigenvalue weighted by molar-refractivity contribution is 0.0177. The van der Waals surface area contributed by atoms with Crippen LogP contribution in [0.2, 0.25) is 0 Å². The number of rotatable bonds is 8. The molecule has 1 aliphatic carbocycles. The topological polar surface area (TPSA) is 99.1 Å². The Kier molecular flexibility index (Phi) is 9.91. The molecule has 3 aliphatic rings. The van der Waals surface area contributed by atoms with Gasteiger partial charge in [-0.2, -0.15) is 4.98 Å². The number of aromatic nitrogens is 3. The van der Waals surface area contributed by atoms with Crippen LogP contribution in [0, 0.1) is 5.92 Å². The molecule has 2 aliphatic heterocycles. The molecule has 6 rings (SSSR count). The van der Waals surface area contributed by atoms with Gasteiger partial charge in [0.1, 0.15) is 16.9 Å². The quantitative estimate of drug-likeness (QED) is 0.312. The highest BCUT2D eigenvalue weighted by Crippen LogP contribution is 2.35. The van der Waals surface area contributed by atoms with Crippen LogP contribution in [0.5, 0.6) is 0 Å². The molecule has 0 atom stereocenters. The lowest BCUT2D eigenvalue weighted by Gasteiger charge is -2.38. The molecule has 2 saturated heterocycles. The third-order valence-corrected chi connectivity index (χ3v) is 9.87. The van der Waals surface area contributed by atoms with Gasteiger partial charge in [0.15, 0.2) is 0 Å². The highest BCUT2D eigenvalue weighted by molar-refractivity contribution is 5.98. The molecular weight excluding hydrogens is 592 g/mol. The number of carbonyl (C=O) groups is 2. The number of hydrogen-bond acceptors (Lipinski definition) is 8. The average molecular weight is 645 g/mol. The van der Waals surface area contributed by atoms with Gasteiger partial charge < -0.3 is 29.3 Å². The lowest BCUT2D eigenvalue weighted by Crippen LogP contribution is -2.47. The van der Waals surface area contributed by atoms with Gasteiger partial charge in [-0.05, 0) is 95.7 Å². The summed E-state index contributed by atoms with van der Waals surface area (Å²) < 4.78 is 7.70. The molecule has 4 heterocycles. The number of nitrogens with zero attached hydrogens (tertiary/aromatic N) is 7.